The van der Waals surface area contributed by atoms with E-state index >= 15 is 0 Å². The molecule has 0 fully saturated rings. The fourth-order valence-electron chi connectivity index (χ4n) is 2.85. The zero-order valence-corrected chi connectivity index (χ0v) is 15.3. The second-order valence-corrected chi connectivity index (χ2v) is 7.42. The van der Waals surface area contributed by atoms with E-state index in [1.54, 1.807) is 30.8 Å². The number of H-pyrrole nitrogens is 1. The molecule has 0 radical (unpaired) electrons. The largest absolute Gasteiger partial charge is 0.612 e. The maximum absolute atomic E-state index is 13.4. The number of rotatable bonds is 4. The van der Waals surface area contributed by atoms with Gasteiger partial charge in [-0.25, -0.2) is 9.37 Å². The molecule has 1 N–H and O–H groups in total. The second-order valence-electron chi connectivity index (χ2n) is 6.04. The molecule has 0 spiro atoms. The van der Waals surface area contributed by atoms with Crippen LogP contribution in [-0.4, -0.2) is 25.8 Å². The molecule has 0 saturated carbocycles. The fourth-order valence-corrected chi connectivity index (χ4v) is 3.37. The Kier molecular flexibility index (Phi) is 4.75. The minimum atomic E-state index is -1.04. The van der Waals surface area contributed by atoms with Crippen molar-refractivity contribution in [2.24, 2.45) is 0 Å². The molecule has 2 aromatic carbocycles. The van der Waals surface area contributed by atoms with E-state index in [0.29, 0.717) is 5.82 Å². The number of aromatic nitrogens is 3. The van der Waals surface area contributed by atoms with E-state index in [1.807, 2.05) is 36.4 Å². The van der Waals surface area contributed by atoms with Crippen molar-refractivity contribution in [3.8, 4) is 33.9 Å². The lowest BCUT2D eigenvalue weighted by molar-refractivity contribution is 0.601. The van der Waals surface area contributed by atoms with Crippen molar-refractivity contribution >= 4 is 11.2 Å². The maximum Gasteiger partial charge on any atom is 0.152 e. The summed E-state index contributed by atoms with van der Waals surface area (Å²) in [7, 11) is 0. The van der Waals surface area contributed by atoms with Crippen LogP contribution in [0.2, 0.25) is 0 Å². The van der Waals surface area contributed by atoms with Crippen LogP contribution in [0.5, 0.6) is 0 Å². The van der Waals surface area contributed by atoms with E-state index < -0.39 is 11.2 Å². The highest BCUT2D eigenvalue weighted by atomic mass is 32.2. The van der Waals surface area contributed by atoms with Crippen LogP contribution in [0, 0.1) is 5.82 Å². The average molecular weight is 377 g/mol. The van der Waals surface area contributed by atoms with Gasteiger partial charge in [-0.05, 0) is 71.8 Å². The Labute approximate surface area is 159 Å². The van der Waals surface area contributed by atoms with Crippen molar-refractivity contribution in [1.29, 1.82) is 0 Å². The number of nitrogens with zero attached hydrogens (tertiary/aromatic N) is 2. The molecule has 1 atom stereocenters. The van der Waals surface area contributed by atoms with Gasteiger partial charge < -0.3 is 9.54 Å². The Morgan fingerprint density at radius 1 is 0.926 bits per heavy atom. The van der Waals surface area contributed by atoms with Crippen LogP contribution in [0.4, 0.5) is 4.39 Å². The van der Waals surface area contributed by atoms with E-state index in [-0.39, 0.29) is 5.82 Å². The number of nitrogens with one attached hydrogen (secondary N) is 1. The zero-order chi connectivity index (χ0) is 18.8. The molecule has 4 nitrogen and oxygen atoms in total. The molecule has 4 aromatic rings. The van der Waals surface area contributed by atoms with Crippen molar-refractivity contribution in [2.45, 2.75) is 4.90 Å². The minimum absolute atomic E-state index is 0.293. The van der Waals surface area contributed by atoms with Crippen LogP contribution >= 0.6 is 0 Å². The van der Waals surface area contributed by atoms with E-state index in [2.05, 4.69) is 9.97 Å². The summed E-state index contributed by atoms with van der Waals surface area (Å²) in [4.78, 5) is 13.0. The van der Waals surface area contributed by atoms with E-state index in [9.17, 15) is 8.94 Å². The fraction of sp³-hybridized carbons (Fsp3) is 0.0476. The number of benzene rings is 2. The van der Waals surface area contributed by atoms with Crippen molar-refractivity contribution in [3.05, 3.63) is 78.9 Å². The molecule has 0 bridgehead atoms. The van der Waals surface area contributed by atoms with Gasteiger partial charge >= 0.3 is 0 Å². The summed E-state index contributed by atoms with van der Waals surface area (Å²) in [6, 6.07) is 17.5. The van der Waals surface area contributed by atoms with Crippen molar-refractivity contribution in [1.82, 2.24) is 15.0 Å². The number of imidazole rings is 1. The number of halogens is 1. The first kappa shape index (κ1) is 17.5. The van der Waals surface area contributed by atoms with Crippen molar-refractivity contribution in [2.75, 3.05) is 6.26 Å². The Hall–Kier alpha value is -2.96. The summed E-state index contributed by atoms with van der Waals surface area (Å²) in [6.45, 7) is 0. The summed E-state index contributed by atoms with van der Waals surface area (Å²) in [5.74, 6) is 0.388. The molecule has 0 aliphatic heterocycles. The highest BCUT2D eigenvalue weighted by molar-refractivity contribution is 7.90. The van der Waals surface area contributed by atoms with Gasteiger partial charge in [0.2, 0.25) is 0 Å². The zero-order valence-electron chi connectivity index (χ0n) is 14.5. The summed E-state index contributed by atoms with van der Waals surface area (Å²) < 4.78 is 25.0. The number of pyridine rings is 1. The lowest BCUT2D eigenvalue weighted by Gasteiger charge is -2.06. The van der Waals surface area contributed by atoms with Gasteiger partial charge in [-0.1, -0.05) is 0 Å². The standard InChI is InChI=1S/C21H16FN3OS/c1-27(26)18-10-6-15(7-11-18)20-19(14-4-8-17(22)9-5-14)24-21(25-20)16-3-2-12-23-13-16/h2-13H,1H3,(H,24,25). The van der Waals surface area contributed by atoms with Crippen LogP contribution in [0.25, 0.3) is 33.9 Å². The molecule has 27 heavy (non-hydrogen) atoms. The van der Waals surface area contributed by atoms with Gasteiger partial charge in [0.15, 0.2) is 4.90 Å². The van der Waals surface area contributed by atoms with Crippen LogP contribution in [0.3, 0.4) is 0 Å². The second kappa shape index (κ2) is 7.34. The molecule has 0 aliphatic rings. The van der Waals surface area contributed by atoms with Crippen LogP contribution in [0.15, 0.2) is 78.0 Å². The van der Waals surface area contributed by atoms with Crippen molar-refractivity contribution < 1.29 is 8.94 Å². The number of hydrogen-bond acceptors (Lipinski definition) is 3. The van der Waals surface area contributed by atoms with E-state index in [0.717, 1.165) is 33.0 Å². The van der Waals surface area contributed by atoms with Gasteiger partial charge in [-0.2, -0.15) is 0 Å². The van der Waals surface area contributed by atoms with Crippen LogP contribution < -0.4 is 0 Å². The summed E-state index contributed by atoms with van der Waals surface area (Å²) in [5.41, 5.74) is 4.11. The quantitative estimate of drug-likeness (QED) is 0.525. The van der Waals surface area contributed by atoms with Gasteiger partial charge in [0.25, 0.3) is 0 Å². The molecular weight excluding hydrogens is 361 g/mol. The molecule has 1 unspecified atom stereocenters. The van der Waals surface area contributed by atoms with Gasteiger partial charge in [-0.3, -0.25) is 4.98 Å². The lowest BCUT2D eigenvalue weighted by atomic mass is 10.1. The lowest BCUT2D eigenvalue weighted by Crippen LogP contribution is -1.96. The third-order valence-electron chi connectivity index (χ3n) is 4.23. The molecule has 2 aromatic heterocycles. The predicted octanol–water partition coefficient (Wildman–Crippen LogP) is 4.68. The molecule has 0 aliphatic carbocycles. The van der Waals surface area contributed by atoms with Gasteiger partial charge in [-0.15, -0.1) is 0 Å². The summed E-state index contributed by atoms with van der Waals surface area (Å²) >= 11 is -1.04. The predicted molar refractivity (Wildman–Crippen MR) is 105 cm³/mol. The van der Waals surface area contributed by atoms with E-state index in [4.69, 9.17) is 4.98 Å². The molecular formula is C21H16FN3OS. The highest BCUT2D eigenvalue weighted by Gasteiger charge is 2.16. The van der Waals surface area contributed by atoms with Gasteiger partial charge in [0, 0.05) is 29.1 Å². The first-order chi connectivity index (χ1) is 13.1. The minimum Gasteiger partial charge on any atom is -0.612 e. The average Bonchev–Trinajstić information content (AvgIpc) is 3.15. The van der Waals surface area contributed by atoms with Crippen LogP contribution in [-0.2, 0) is 11.2 Å². The molecule has 4 rings (SSSR count). The first-order valence-electron chi connectivity index (χ1n) is 8.32. The first-order valence-corrected chi connectivity index (χ1v) is 9.88. The molecule has 6 heteroatoms. The summed E-state index contributed by atoms with van der Waals surface area (Å²) in [6.07, 6.45) is 5.09. The summed E-state index contributed by atoms with van der Waals surface area (Å²) in [5, 5.41) is 0. The SMILES string of the molecule is C[S+]([O-])c1ccc(-c2[nH]c(-c3cccnc3)nc2-c2ccc(F)cc2)cc1. The van der Waals surface area contributed by atoms with Gasteiger partial charge in [0.05, 0.1) is 11.4 Å². The Balaban J connectivity index is 1.85. The molecule has 2 heterocycles. The topological polar surface area (TPSA) is 64.6 Å². The normalized spacial score (nSPS) is 12.1. The Bertz CT molecular complexity index is 1050. The van der Waals surface area contributed by atoms with Gasteiger partial charge in [0.1, 0.15) is 17.9 Å². The molecule has 134 valence electrons. The number of aromatic amines is 1. The maximum atomic E-state index is 13.4. The third kappa shape index (κ3) is 3.63. The molecule has 0 amide bonds. The molecule has 0 saturated heterocycles. The Morgan fingerprint density at radius 3 is 2.26 bits per heavy atom. The van der Waals surface area contributed by atoms with E-state index in [1.165, 1.54) is 12.1 Å². The Morgan fingerprint density at radius 2 is 1.63 bits per heavy atom. The smallest absolute Gasteiger partial charge is 0.152 e. The number of hydrogen-bond donors (Lipinski definition) is 1. The monoisotopic (exact) mass is 377 g/mol. The van der Waals surface area contributed by atoms with Crippen molar-refractivity contribution in [3.63, 3.8) is 0 Å². The highest BCUT2D eigenvalue weighted by Crippen LogP contribution is 2.33. The van der Waals surface area contributed by atoms with Crippen LogP contribution in [0.1, 0.15) is 0 Å². The third-order valence-corrected chi connectivity index (χ3v) is 5.17.